The zero-order valence-corrected chi connectivity index (χ0v) is 13.8. The van der Waals surface area contributed by atoms with Crippen LogP contribution in [0.3, 0.4) is 0 Å². The van der Waals surface area contributed by atoms with E-state index in [-0.39, 0.29) is 12.4 Å². The summed E-state index contributed by atoms with van der Waals surface area (Å²) >= 11 is 6.92. The van der Waals surface area contributed by atoms with Crippen LogP contribution in [0, 0.1) is 5.92 Å². The first-order valence-electron chi connectivity index (χ1n) is 5.94. The molecule has 0 aromatic carbocycles. The van der Waals surface area contributed by atoms with Gasteiger partial charge in [0, 0.05) is 13.1 Å². The summed E-state index contributed by atoms with van der Waals surface area (Å²) < 4.78 is 27.1. The molecule has 110 valence electrons. The number of hydrogen-bond donors (Lipinski definition) is 1. The van der Waals surface area contributed by atoms with E-state index < -0.39 is 10.0 Å². The molecule has 0 spiro atoms. The van der Waals surface area contributed by atoms with Gasteiger partial charge in [0.2, 0.25) is 0 Å². The van der Waals surface area contributed by atoms with Gasteiger partial charge in [0.05, 0.1) is 4.34 Å². The molecule has 0 bridgehead atoms. The third-order valence-electron chi connectivity index (χ3n) is 3.21. The molecule has 1 aromatic heterocycles. The van der Waals surface area contributed by atoms with Crippen LogP contribution in [0.5, 0.6) is 0 Å². The molecule has 1 aliphatic heterocycles. The first-order valence-corrected chi connectivity index (χ1v) is 8.57. The lowest BCUT2D eigenvalue weighted by molar-refractivity contribution is 0.271. The van der Waals surface area contributed by atoms with E-state index in [1.54, 1.807) is 16.4 Å². The van der Waals surface area contributed by atoms with Gasteiger partial charge in [0.1, 0.15) is 4.21 Å². The Morgan fingerprint density at radius 3 is 2.53 bits per heavy atom. The summed E-state index contributed by atoms with van der Waals surface area (Å²) in [6.07, 6.45) is 1.83. The minimum Gasteiger partial charge on any atom is -0.319 e. The molecule has 0 unspecified atom stereocenters. The Morgan fingerprint density at radius 2 is 2.05 bits per heavy atom. The normalized spacial score (nSPS) is 18.2. The summed E-state index contributed by atoms with van der Waals surface area (Å²) in [5.41, 5.74) is 0. The SMILES string of the molecule is CNCC1CCN(S(=O)(=O)c2ccc(Cl)s2)CC1.Cl. The smallest absolute Gasteiger partial charge is 0.252 e. The van der Waals surface area contributed by atoms with Crippen LogP contribution in [0.2, 0.25) is 4.34 Å². The summed E-state index contributed by atoms with van der Waals surface area (Å²) in [4.78, 5) is 0. The van der Waals surface area contributed by atoms with E-state index in [1.807, 2.05) is 7.05 Å². The fourth-order valence-corrected chi connectivity index (χ4v) is 5.31. The number of hydrogen-bond acceptors (Lipinski definition) is 4. The third-order valence-corrected chi connectivity index (χ3v) is 6.81. The minimum atomic E-state index is -3.33. The van der Waals surface area contributed by atoms with Crippen molar-refractivity contribution < 1.29 is 8.42 Å². The number of thiophene rings is 1. The quantitative estimate of drug-likeness (QED) is 0.912. The molecule has 1 fully saturated rings. The Morgan fingerprint density at radius 1 is 1.42 bits per heavy atom. The summed E-state index contributed by atoms with van der Waals surface area (Å²) in [7, 11) is -1.41. The first-order chi connectivity index (χ1) is 8.54. The van der Waals surface area contributed by atoms with E-state index in [0.717, 1.165) is 30.7 Å². The third kappa shape index (κ3) is 4.06. The summed E-state index contributed by atoms with van der Waals surface area (Å²) in [5, 5.41) is 3.14. The number of sulfonamides is 1. The van der Waals surface area contributed by atoms with E-state index >= 15 is 0 Å². The van der Waals surface area contributed by atoms with Crippen molar-refractivity contribution in [2.24, 2.45) is 5.92 Å². The molecule has 0 radical (unpaired) electrons. The number of nitrogens with one attached hydrogen (secondary N) is 1. The van der Waals surface area contributed by atoms with Crippen molar-refractivity contribution in [2.45, 2.75) is 17.1 Å². The average Bonchev–Trinajstić information content (AvgIpc) is 2.78. The van der Waals surface area contributed by atoms with Crippen molar-refractivity contribution in [2.75, 3.05) is 26.7 Å². The highest BCUT2D eigenvalue weighted by molar-refractivity contribution is 7.91. The maximum atomic E-state index is 12.3. The fourth-order valence-electron chi connectivity index (χ4n) is 2.21. The van der Waals surface area contributed by atoms with Gasteiger partial charge >= 0.3 is 0 Å². The Kier molecular flexibility index (Phi) is 6.56. The van der Waals surface area contributed by atoms with Crippen molar-refractivity contribution in [3.63, 3.8) is 0 Å². The summed E-state index contributed by atoms with van der Waals surface area (Å²) in [6.45, 7) is 2.16. The number of piperidine rings is 1. The van der Waals surface area contributed by atoms with E-state index in [4.69, 9.17) is 11.6 Å². The van der Waals surface area contributed by atoms with Gasteiger partial charge in [-0.15, -0.1) is 23.7 Å². The molecule has 2 heterocycles. The van der Waals surface area contributed by atoms with Crippen LogP contribution < -0.4 is 5.32 Å². The lowest BCUT2D eigenvalue weighted by Gasteiger charge is -2.30. The highest BCUT2D eigenvalue weighted by Gasteiger charge is 2.30. The molecular formula is C11H18Cl2N2O2S2. The molecule has 1 aromatic rings. The van der Waals surface area contributed by atoms with Crippen molar-refractivity contribution in [1.29, 1.82) is 0 Å². The molecule has 0 amide bonds. The highest BCUT2D eigenvalue weighted by Crippen LogP contribution is 2.30. The van der Waals surface area contributed by atoms with E-state index in [1.165, 1.54) is 0 Å². The van der Waals surface area contributed by atoms with Crippen LogP contribution >= 0.6 is 35.3 Å². The van der Waals surface area contributed by atoms with E-state index in [2.05, 4.69) is 5.32 Å². The van der Waals surface area contributed by atoms with Crippen molar-refractivity contribution in [3.05, 3.63) is 16.5 Å². The minimum absolute atomic E-state index is 0. The predicted molar refractivity (Wildman–Crippen MR) is 82.0 cm³/mol. The monoisotopic (exact) mass is 344 g/mol. The van der Waals surface area contributed by atoms with Crippen LogP contribution in [0.4, 0.5) is 0 Å². The molecule has 1 N–H and O–H groups in total. The van der Waals surface area contributed by atoms with Gasteiger partial charge in [0.25, 0.3) is 10.0 Å². The van der Waals surface area contributed by atoms with Gasteiger partial charge in [0.15, 0.2) is 0 Å². The van der Waals surface area contributed by atoms with Gasteiger partial charge in [-0.1, -0.05) is 11.6 Å². The van der Waals surface area contributed by atoms with Crippen molar-refractivity contribution in [3.8, 4) is 0 Å². The summed E-state index contributed by atoms with van der Waals surface area (Å²) in [5.74, 6) is 0.577. The second kappa shape index (κ2) is 7.24. The predicted octanol–water partition coefficient (Wildman–Crippen LogP) is 2.44. The molecule has 2 rings (SSSR count). The molecular weight excluding hydrogens is 327 g/mol. The second-order valence-corrected chi connectivity index (χ2v) is 8.34. The Balaban J connectivity index is 0.00000180. The number of halogens is 2. The van der Waals surface area contributed by atoms with Gasteiger partial charge in [-0.2, -0.15) is 4.31 Å². The van der Waals surface area contributed by atoms with Gasteiger partial charge in [-0.05, 0) is 44.5 Å². The van der Waals surface area contributed by atoms with E-state index in [9.17, 15) is 8.42 Å². The molecule has 1 aliphatic rings. The second-order valence-electron chi connectivity index (χ2n) is 4.46. The Hall–Kier alpha value is 0.150. The standard InChI is InChI=1S/C11H17ClN2O2S2.ClH/c1-13-8-9-4-6-14(7-5-9)18(15,16)11-3-2-10(12)17-11;/h2-3,9,13H,4-8H2,1H3;1H. The van der Waals surface area contributed by atoms with Gasteiger partial charge in [-0.25, -0.2) is 8.42 Å². The number of nitrogens with zero attached hydrogens (tertiary/aromatic N) is 1. The van der Waals surface area contributed by atoms with Crippen LogP contribution in [-0.4, -0.2) is 39.4 Å². The van der Waals surface area contributed by atoms with E-state index in [0.29, 0.717) is 27.6 Å². The molecule has 1 saturated heterocycles. The largest absolute Gasteiger partial charge is 0.319 e. The summed E-state index contributed by atoms with van der Waals surface area (Å²) in [6, 6.07) is 3.22. The molecule has 19 heavy (non-hydrogen) atoms. The lowest BCUT2D eigenvalue weighted by Crippen LogP contribution is -2.40. The average molecular weight is 345 g/mol. The molecule has 0 saturated carbocycles. The van der Waals surface area contributed by atoms with Crippen LogP contribution in [0.25, 0.3) is 0 Å². The number of rotatable bonds is 4. The van der Waals surface area contributed by atoms with Crippen LogP contribution in [0.15, 0.2) is 16.3 Å². The van der Waals surface area contributed by atoms with Crippen molar-refractivity contribution in [1.82, 2.24) is 9.62 Å². The van der Waals surface area contributed by atoms with Gasteiger partial charge in [-0.3, -0.25) is 0 Å². The zero-order valence-electron chi connectivity index (χ0n) is 10.6. The van der Waals surface area contributed by atoms with Crippen molar-refractivity contribution >= 4 is 45.4 Å². The van der Waals surface area contributed by atoms with Crippen LogP contribution in [-0.2, 0) is 10.0 Å². The first kappa shape index (κ1) is 17.2. The van der Waals surface area contributed by atoms with Gasteiger partial charge < -0.3 is 5.32 Å². The zero-order chi connectivity index (χ0) is 13.2. The topological polar surface area (TPSA) is 49.4 Å². The molecule has 0 aliphatic carbocycles. The lowest BCUT2D eigenvalue weighted by atomic mass is 9.98. The fraction of sp³-hybridized carbons (Fsp3) is 0.636. The maximum Gasteiger partial charge on any atom is 0.252 e. The Labute approximate surface area is 129 Å². The Bertz CT molecular complexity index is 497. The molecule has 8 heteroatoms. The molecule has 4 nitrogen and oxygen atoms in total. The van der Waals surface area contributed by atoms with Crippen LogP contribution in [0.1, 0.15) is 12.8 Å². The highest BCUT2D eigenvalue weighted by atomic mass is 35.5. The maximum absolute atomic E-state index is 12.3. The molecule has 0 atom stereocenters.